The first-order valence-corrected chi connectivity index (χ1v) is 13.8. The number of esters is 2. The monoisotopic (exact) mass is 542 g/mol. The molecule has 0 saturated carbocycles. The molecule has 1 saturated heterocycles. The second-order valence-electron chi connectivity index (χ2n) is 11.4. The zero-order valence-corrected chi connectivity index (χ0v) is 23.3. The SMILES string of the molecule is CC(C)(C)OC(=O)C[C@H]1C/C=C\C[C@@H](CC(=O)N[C@@H](CO)Cc2ccccc2)C(=O)N2CCC[C@H]2COC1=O. The number of aliphatic hydroxyl groups is 1. The highest BCUT2D eigenvalue weighted by Crippen LogP contribution is 2.26. The Morgan fingerprint density at radius 3 is 2.46 bits per heavy atom. The molecule has 2 heterocycles. The Hall–Kier alpha value is -3.20. The summed E-state index contributed by atoms with van der Waals surface area (Å²) in [6.07, 6.45) is 6.02. The molecule has 9 heteroatoms. The molecule has 0 radical (unpaired) electrons. The molecule has 0 spiro atoms. The molecule has 4 atom stereocenters. The Morgan fingerprint density at radius 2 is 1.79 bits per heavy atom. The van der Waals surface area contributed by atoms with Gasteiger partial charge >= 0.3 is 11.9 Å². The van der Waals surface area contributed by atoms with Crippen molar-refractivity contribution in [3.63, 3.8) is 0 Å². The fourth-order valence-electron chi connectivity index (χ4n) is 5.04. The van der Waals surface area contributed by atoms with Crippen molar-refractivity contribution in [1.82, 2.24) is 10.2 Å². The van der Waals surface area contributed by atoms with Gasteiger partial charge in [0.25, 0.3) is 0 Å². The van der Waals surface area contributed by atoms with Crippen molar-refractivity contribution >= 4 is 23.8 Å². The van der Waals surface area contributed by atoms with E-state index in [1.807, 2.05) is 30.3 Å². The fourth-order valence-corrected chi connectivity index (χ4v) is 5.04. The third kappa shape index (κ3) is 9.80. The predicted octanol–water partition coefficient (Wildman–Crippen LogP) is 2.94. The second kappa shape index (κ2) is 14.3. The molecule has 214 valence electrons. The number of hydrogen-bond donors (Lipinski definition) is 2. The molecule has 2 aliphatic heterocycles. The normalized spacial score (nSPS) is 24.0. The molecule has 0 aromatic heterocycles. The molecule has 39 heavy (non-hydrogen) atoms. The molecule has 0 bridgehead atoms. The summed E-state index contributed by atoms with van der Waals surface area (Å²) in [6, 6.07) is 8.88. The van der Waals surface area contributed by atoms with Crippen molar-refractivity contribution in [2.45, 2.75) is 83.4 Å². The molecule has 2 amide bonds. The van der Waals surface area contributed by atoms with Crippen LogP contribution in [-0.2, 0) is 35.1 Å². The molecule has 2 N–H and O–H groups in total. The lowest BCUT2D eigenvalue weighted by Gasteiger charge is -2.29. The van der Waals surface area contributed by atoms with Crippen molar-refractivity contribution in [3.05, 3.63) is 48.0 Å². The lowest BCUT2D eigenvalue weighted by Crippen LogP contribution is -2.45. The van der Waals surface area contributed by atoms with Crippen LogP contribution in [0.5, 0.6) is 0 Å². The summed E-state index contributed by atoms with van der Waals surface area (Å²) < 4.78 is 11.0. The maximum Gasteiger partial charge on any atom is 0.309 e. The van der Waals surface area contributed by atoms with Gasteiger partial charge in [-0.1, -0.05) is 42.5 Å². The highest BCUT2D eigenvalue weighted by Gasteiger charge is 2.36. The second-order valence-corrected chi connectivity index (χ2v) is 11.4. The average Bonchev–Trinajstić information content (AvgIpc) is 3.35. The number of carbonyl (C=O) groups excluding carboxylic acids is 4. The largest absolute Gasteiger partial charge is 0.463 e. The number of hydrogen-bond acceptors (Lipinski definition) is 7. The summed E-state index contributed by atoms with van der Waals surface area (Å²) in [6.45, 7) is 5.71. The highest BCUT2D eigenvalue weighted by atomic mass is 16.6. The van der Waals surface area contributed by atoms with E-state index in [-0.39, 0.29) is 50.3 Å². The number of carbonyl (C=O) groups is 4. The Bertz CT molecular complexity index is 1020. The zero-order chi connectivity index (χ0) is 28.4. The summed E-state index contributed by atoms with van der Waals surface area (Å²) >= 11 is 0. The van der Waals surface area contributed by atoms with Gasteiger partial charge in [0.05, 0.1) is 36.9 Å². The number of nitrogens with one attached hydrogen (secondary N) is 1. The van der Waals surface area contributed by atoms with E-state index < -0.39 is 35.4 Å². The molecule has 1 aromatic carbocycles. The molecule has 1 aromatic rings. The van der Waals surface area contributed by atoms with E-state index in [0.29, 0.717) is 25.8 Å². The molecule has 1 fully saturated rings. The van der Waals surface area contributed by atoms with Crippen molar-refractivity contribution in [2.75, 3.05) is 19.8 Å². The van der Waals surface area contributed by atoms with Crippen LogP contribution in [0, 0.1) is 11.8 Å². The Labute approximate surface area is 230 Å². The third-order valence-electron chi connectivity index (χ3n) is 6.94. The Kier molecular flexibility index (Phi) is 11.1. The number of nitrogens with zero attached hydrogens (tertiary/aromatic N) is 1. The van der Waals surface area contributed by atoms with Crippen LogP contribution < -0.4 is 5.32 Å². The number of amides is 2. The summed E-state index contributed by atoms with van der Waals surface area (Å²) in [5.74, 6) is -2.65. The van der Waals surface area contributed by atoms with E-state index in [2.05, 4.69) is 5.32 Å². The van der Waals surface area contributed by atoms with Gasteiger partial charge in [0.15, 0.2) is 0 Å². The Balaban J connectivity index is 1.69. The van der Waals surface area contributed by atoms with Crippen LogP contribution in [-0.4, -0.2) is 71.2 Å². The van der Waals surface area contributed by atoms with Crippen LogP contribution in [0.3, 0.4) is 0 Å². The summed E-state index contributed by atoms with van der Waals surface area (Å²) in [5.41, 5.74) is 0.342. The summed E-state index contributed by atoms with van der Waals surface area (Å²) in [4.78, 5) is 53.4. The smallest absolute Gasteiger partial charge is 0.309 e. The van der Waals surface area contributed by atoms with Crippen LogP contribution in [0.1, 0.15) is 64.9 Å². The first-order chi connectivity index (χ1) is 18.6. The molecular formula is C30H42N2O7. The molecule has 3 rings (SSSR count). The molecule has 0 aliphatic carbocycles. The van der Waals surface area contributed by atoms with E-state index in [1.54, 1.807) is 37.8 Å². The van der Waals surface area contributed by atoms with Crippen LogP contribution in [0.4, 0.5) is 0 Å². The topological polar surface area (TPSA) is 122 Å². The van der Waals surface area contributed by atoms with Gasteiger partial charge in [0.1, 0.15) is 12.2 Å². The maximum atomic E-state index is 13.5. The molecule has 2 aliphatic rings. The van der Waals surface area contributed by atoms with Gasteiger partial charge < -0.3 is 24.8 Å². The first kappa shape index (κ1) is 30.3. The lowest BCUT2D eigenvalue weighted by molar-refractivity contribution is -0.162. The van der Waals surface area contributed by atoms with Gasteiger partial charge in [-0.25, -0.2) is 0 Å². The molecule has 9 nitrogen and oxygen atoms in total. The minimum atomic E-state index is -0.689. The summed E-state index contributed by atoms with van der Waals surface area (Å²) in [5, 5.41) is 12.7. The van der Waals surface area contributed by atoms with Crippen molar-refractivity contribution in [3.8, 4) is 0 Å². The predicted molar refractivity (Wildman–Crippen MR) is 145 cm³/mol. The number of aliphatic hydroxyl groups excluding tert-OH is 1. The standard InChI is InChI=1S/C30H42N2O7/c1-30(2,3)39-27(35)18-23-13-8-7-12-22(28(36)32-15-9-14-25(32)20-38-29(23)37)17-26(34)31-24(19-33)16-21-10-5-4-6-11-21/h4-8,10-11,22-25,33H,9,12-20H2,1-3H3,(H,31,34)/b8-7-/t22-,23+,24+,25-/m0/s1. The van der Waals surface area contributed by atoms with Gasteiger partial charge in [-0.05, 0) is 58.4 Å². The quantitative estimate of drug-likeness (QED) is 0.383. The van der Waals surface area contributed by atoms with Crippen LogP contribution >= 0.6 is 0 Å². The number of allylic oxidation sites excluding steroid dienone is 2. The van der Waals surface area contributed by atoms with E-state index in [4.69, 9.17) is 9.47 Å². The Morgan fingerprint density at radius 1 is 1.10 bits per heavy atom. The minimum absolute atomic E-state index is 0.0151. The van der Waals surface area contributed by atoms with Crippen molar-refractivity contribution < 1.29 is 33.8 Å². The number of cyclic esters (lactones) is 1. The number of ether oxygens (including phenoxy) is 2. The number of rotatable bonds is 8. The fraction of sp³-hybridized carbons (Fsp3) is 0.600. The van der Waals surface area contributed by atoms with E-state index >= 15 is 0 Å². The van der Waals surface area contributed by atoms with Crippen molar-refractivity contribution in [1.29, 1.82) is 0 Å². The first-order valence-electron chi connectivity index (χ1n) is 13.8. The van der Waals surface area contributed by atoms with Crippen LogP contribution in [0.2, 0.25) is 0 Å². The van der Waals surface area contributed by atoms with E-state index in [1.165, 1.54) is 0 Å². The van der Waals surface area contributed by atoms with Gasteiger partial charge in [0.2, 0.25) is 11.8 Å². The van der Waals surface area contributed by atoms with Crippen molar-refractivity contribution in [2.24, 2.45) is 11.8 Å². The zero-order valence-electron chi connectivity index (χ0n) is 23.3. The lowest BCUT2D eigenvalue weighted by atomic mass is 9.95. The van der Waals surface area contributed by atoms with E-state index in [0.717, 1.165) is 12.0 Å². The molecule has 0 unspecified atom stereocenters. The number of fused-ring (bicyclic) bond motifs is 1. The van der Waals surface area contributed by atoms with E-state index in [9.17, 15) is 24.3 Å². The molecular weight excluding hydrogens is 500 g/mol. The highest BCUT2D eigenvalue weighted by molar-refractivity contribution is 5.86. The third-order valence-corrected chi connectivity index (χ3v) is 6.94. The average molecular weight is 543 g/mol. The minimum Gasteiger partial charge on any atom is -0.463 e. The van der Waals surface area contributed by atoms with Crippen LogP contribution in [0.15, 0.2) is 42.5 Å². The van der Waals surface area contributed by atoms with Gasteiger partial charge in [-0.15, -0.1) is 0 Å². The summed E-state index contributed by atoms with van der Waals surface area (Å²) in [7, 11) is 0. The van der Waals surface area contributed by atoms with Gasteiger partial charge in [-0.2, -0.15) is 0 Å². The van der Waals surface area contributed by atoms with Gasteiger partial charge in [-0.3, -0.25) is 19.2 Å². The number of benzene rings is 1. The van der Waals surface area contributed by atoms with Gasteiger partial charge in [0, 0.05) is 13.0 Å². The maximum absolute atomic E-state index is 13.5. The van der Waals surface area contributed by atoms with Crippen LogP contribution in [0.25, 0.3) is 0 Å².